The molecule has 0 fully saturated rings. The van der Waals surface area contributed by atoms with E-state index in [1.165, 1.54) is 4.90 Å². The molecular weight excluding hydrogens is 414 g/mol. The number of urea groups is 1. The molecule has 0 spiro atoms. The molecule has 7 nitrogen and oxygen atoms in total. The number of hydrogen-bond donors (Lipinski definition) is 1. The Labute approximate surface area is 188 Å². The quantitative estimate of drug-likeness (QED) is 0.506. The second kappa shape index (κ2) is 13.4. The van der Waals surface area contributed by atoms with Crippen LogP contribution in [0, 0.1) is 0 Å². The summed E-state index contributed by atoms with van der Waals surface area (Å²) in [5, 5.41) is 4.54. The highest BCUT2D eigenvalue weighted by atomic mass is 32.1. The number of nitrogens with one attached hydrogen (secondary N) is 1. The number of rotatable bonds is 12. The SMILES string of the molecule is CCCCN(CC(=O)N(Cc1ccccc1)Cc1cccs1)C(=O)NCC(=O)OCC. The average molecular weight is 446 g/mol. The molecule has 0 atom stereocenters. The van der Waals surface area contributed by atoms with Gasteiger partial charge in [-0.3, -0.25) is 9.59 Å². The Balaban J connectivity index is 2.07. The Morgan fingerprint density at radius 2 is 1.77 bits per heavy atom. The van der Waals surface area contributed by atoms with Crippen LogP contribution >= 0.6 is 11.3 Å². The minimum absolute atomic E-state index is 0.0487. The van der Waals surface area contributed by atoms with Crippen LogP contribution in [0.25, 0.3) is 0 Å². The summed E-state index contributed by atoms with van der Waals surface area (Å²) in [7, 11) is 0. The summed E-state index contributed by atoms with van der Waals surface area (Å²) in [5.74, 6) is -0.638. The van der Waals surface area contributed by atoms with Crippen molar-refractivity contribution in [3.8, 4) is 0 Å². The highest BCUT2D eigenvalue weighted by Crippen LogP contribution is 2.15. The summed E-state index contributed by atoms with van der Waals surface area (Å²) in [6, 6.07) is 13.3. The molecule has 0 saturated carbocycles. The predicted octanol–water partition coefficient (Wildman–Crippen LogP) is 3.65. The summed E-state index contributed by atoms with van der Waals surface area (Å²) < 4.78 is 4.85. The highest BCUT2D eigenvalue weighted by molar-refractivity contribution is 7.09. The van der Waals surface area contributed by atoms with Crippen LogP contribution in [0.4, 0.5) is 4.79 Å². The minimum atomic E-state index is -0.499. The standard InChI is InChI=1S/C23H31N3O4S/c1-3-5-13-25(23(29)24-15-22(28)30-4-2)18-21(27)26(17-20-12-9-14-31-20)16-19-10-7-6-8-11-19/h6-12,14H,3-5,13,15-18H2,1-2H3,(H,24,29). The molecule has 1 aromatic carbocycles. The highest BCUT2D eigenvalue weighted by Gasteiger charge is 2.22. The third-order valence-electron chi connectivity index (χ3n) is 4.58. The zero-order chi connectivity index (χ0) is 22.5. The normalized spacial score (nSPS) is 10.4. The zero-order valence-electron chi connectivity index (χ0n) is 18.2. The first-order chi connectivity index (χ1) is 15.0. The van der Waals surface area contributed by atoms with E-state index in [0.717, 1.165) is 23.3 Å². The minimum Gasteiger partial charge on any atom is -0.465 e. The molecule has 1 N–H and O–H groups in total. The molecule has 31 heavy (non-hydrogen) atoms. The summed E-state index contributed by atoms with van der Waals surface area (Å²) in [6.45, 7) is 5.11. The zero-order valence-corrected chi connectivity index (χ0v) is 19.0. The first-order valence-electron chi connectivity index (χ1n) is 10.6. The van der Waals surface area contributed by atoms with Gasteiger partial charge in [0.2, 0.25) is 5.91 Å². The lowest BCUT2D eigenvalue weighted by Gasteiger charge is -2.27. The predicted molar refractivity (Wildman–Crippen MR) is 122 cm³/mol. The van der Waals surface area contributed by atoms with Gasteiger partial charge >= 0.3 is 12.0 Å². The monoisotopic (exact) mass is 445 g/mol. The Hall–Kier alpha value is -2.87. The number of nitrogens with zero attached hydrogens (tertiary/aromatic N) is 2. The van der Waals surface area contributed by atoms with Gasteiger partial charge in [-0.15, -0.1) is 11.3 Å². The Morgan fingerprint density at radius 3 is 2.42 bits per heavy atom. The first kappa shape index (κ1) is 24.4. The summed E-state index contributed by atoms with van der Waals surface area (Å²) in [5.41, 5.74) is 1.03. The molecule has 3 amide bonds. The Bertz CT molecular complexity index is 811. The number of benzene rings is 1. The number of thiophene rings is 1. The van der Waals surface area contributed by atoms with Gasteiger partial charge in [-0.25, -0.2) is 4.79 Å². The molecule has 0 saturated heterocycles. The fourth-order valence-electron chi connectivity index (χ4n) is 2.96. The lowest BCUT2D eigenvalue weighted by molar-refractivity contribution is -0.141. The maximum absolute atomic E-state index is 13.2. The number of carbonyl (C=O) groups is 3. The topological polar surface area (TPSA) is 79.0 Å². The van der Waals surface area contributed by atoms with E-state index in [4.69, 9.17) is 4.74 Å². The molecule has 2 rings (SSSR count). The van der Waals surface area contributed by atoms with E-state index in [9.17, 15) is 14.4 Å². The maximum Gasteiger partial charge on any atom is 0.325 e. The van der Waals surface area contributed by atoms with E-state index in [0.29, 0.717) is 19.6 Å². The lowest BCUT2D eigenvalue weighted by atomic mass is 10.2. The van der Waals surface area contributed by atoms with E-state index in [-0.39, 0.29) is 25.6 Å². The number of amides is 3. The number of carbonyl (C=O) groups excluding carboxylic acids is 3. The van der Waals surface area contributed by atoms with Crippen molar-refractivity contribution in [2.24, 2.45) is 0 Å². The van der Waals surface area contributed by atoms with Gasteiger partial charge in [0.05, 0.1) is 13.2 Å². The Kier molecular flexibility index (Phi) is 10.6. The third kappa shape index (κ3) is 8.80. The molecule has 1 heterocycles. The van der Waals surface area contributed by atoms with Crippen LogP contribution in [0.5, 0.6) is 0 Å². The molecule has 8 heteroatoms. The van der Waals surface area contributed by atoms with Gasteiger partial charge in [0, 0.05) is 18.0 Å². The van der Waals surface area contributed by atoms with E-state index in [2.05, 4.69) is 5.32 Å². The molecule has 0 aliphatic rings. The van der Waals surface area contributed by atoms with Gasteiger partial charge in [-0.2, -0.15) is 0 Å². The fraction of sp³-hybridized carbons (Fsp3) is 0.435. The smallest absolute Gasteiger partial charge is 0.325 e. The van der Waals surface area contributed by atoms with Crippen molar-refractivity contribution in [3.63, 3.8) is 0 Å². The summed E-state index contributed by atoms with van der Waals surface area (Å²) >= 11 is 1.60. The fourth-order valence-corrected chi connectivity index (χ4v) is 3.68. The van der Waals surface area contributed by atoms with Crippen LogP contribution in [-0.4, -0.2) is 53.9 Å². The second-order valence-corrected chi connectivity index (χ2v) is 8.09. The third-order valence-corrected chi connectivity index (χ3v) is 5.44. The van der Waals surface area contributed by atoms with Gasteiger partial charge < -0.3 is 19.9 Å². The van der Waals surface area contributed by atoms with Crippen molar-refractivity contribution in [3.05, 3.63) is 58.3 Å². The molecule has 0 radical (unpaired) electrons. The van der Waals surface area contributed by atoms with Crippen LogP contribution in [-0.2, 0) is 27.4 Å². The van der Waals surface area contributed by atoms with Crippen LogP contribution in [0.2, 0.25) is 0 Å². The second-order valence-electron chi connectivity index (χ2n) is 7.05. The van der Waals surface area contributed by atoms with Crippen molar-refractivity contribution >= 4 is 29.2 Å². The molecule has 0 aliphatic heterocycles. The summed E-state index contributed by atoms with van der Waals surface area (Å²) in [6.07, 6.45) is 1.66. The molecule has 0 bridgehead atoms. The van der Waals surface area contributed by atoms with Crippen LogP contribution in [0.15, 0.2) is 47.8 Å². The van der Waals surface area contributed by atoms with Crippen LogP contribution in [0.3, 0.4) is 0 Å². The van der Waals surface area contributed by atoms with Crippen molar-refractivity contribution in [1.82, 2.24) is 15.1 Å². The van der Waals surface area contributed by atoms with Crippen molar-refractivity contribution in [1.29, 1.82) is 0 Å². The first-order valence-corrected chi connectivity index (χ1v) is 11.4. The van der Waals surface area contributed by atoms with Crippen molar-refractivity contribution in [2.45, 2.75) is 39.8 Å². The van der Waals surface area contributed by atoms with E-state index >= 15 is 0 Å². The Morgan fingerprint density at radius 1 is 1.00 bits per heavy atom. The van der Waals surface area contributed by atoms with E-state index in [1.807, 2.05) is 54.8 Å². The molecule has 1 aromatic heterocycles. The largest absolute Gasteiger partial charge is 0.465 e. The number of ether oxygens (including phenoxy) is 1. The van der Waals surface area contributed by atoms with Crippen molar-refractivity contribution in [2.75, 3.05) is 26.2 Å². The van der Waals surface area contributed by atoms with Gasteiger partial charge in [0.1, 0.15) is 13.1 Å². The van der Waals surface area contributed by atoms with Gasteiger partial charge in [-0.1, -0.05) is 49.7 Å². The molecule has 168 valence electrons. The number of unbranched alkanes of at least 4 members (excludes halogenated alkanes) is 1. The van der Waals surface area contributed by atoms with Gasteiger partial charge in [-0.05, 0) is 30.4 Å². The van der Waals surface area contributed by atoms with Crippen LogP contribution < -0.4 is 5.32 Å². The molecule has 0 aliphatic carbocycles. The van der Waals surface area contributed by atoms with Gasteiger partial charge in [0.25, 0.3) is 0 Å². The average Bonchev–Trinajstić information content (AvgIpc) is 3.28. The van der Waals surface area contributed by atoms with Crippen molar-refractivity contribution < 1.29 is 19.1 Å². The summed E-state index contributed by atoms with van der Waals surface area (Å²) in [4.78, 5) is 41.7. The van der Waals surface area contributed by atoms with Crippen LogP contribution in [0.1, 0.15) is 37.1 Å². The van der Waals surface area contributed by atoms with E-state index in [1.54, 1.807) is 23.2 Å². The maximum atomic E-state index is 13.2. The van der Waals surface area contributed by atoms with E-state index < -0.39 is 12.0 Å². The molecular formula is C23H31N3O4S. The number of esters is 1. The van der Waals surface area contributed by atoms with Gasteiger partial charge in [0.15, 0.2) is 0 Å². The molecule has 0 unspecified atom stereocenters. The lowest BCUT2D eigenvalue weighted by Crippen LogP contribution is -2.48. The number of hydrogen-bond acceptors (Lipinski definition) is 5. The molecule has 2 aromatic rings.